The molecule has 0 aliphatic carbocycles. The number of benzene rings is 1. The molecule has 0 saturated carbocycles. The SMILES string of the molecule is CCC(C)c1ccc(C(=O)O)c(Cl)c1. The fraction of sp³-hybridized carbons (Fsp3) is 0.364. The Hall–Kier alpha value is -1.02. The van der Waals surface area contributed by atoms with Crippen molar-refractivity contribution in [1.29, 1.82) is 0 Å². The second-order valence-electron chi connectivity index (χ2n) is 3.35. The van der Waals surface area contributed by atoms with E-state index in [-0.39, 0.29) is 5.56 Å². The first-order valence-corrected chi connectivity index (χ1v) is 4.96. The quantitative estimate of drug-likeness (QED) is 0.832. The Kier molecular flexibility index (Phi) is 3.53. The highest BCUT2D eigenvalue weighted by molar-refractivity contribution is 6.33. The lowest BCUT2D eigenvalue weighted by molar-refractivity contribution is 0.0697. The summed E-state index contributed by atoms with van der Waals surface area (Å²) in [6.07, 6.45) is 1.02. The minimum atomic E-state index is -0.981. The van der Waals surface area contributed by atoms with Gasteiger partial charge < -0.3 is 5.11 Å². The third-order valence-electron chi connectivity index (χ3n) is 2.40. The van der Waals surface area contributed by atoms with Crippen molar-refractivity contribution in [2.24, 2.45) is 0 Å². The molecule has 0 aromatic heterocycles. The normalized spacial score (nSPS) is 12.5. The lowest BCUT2D eigenvalue weighted by Gasteiger charge is -2.09. The molecule has 0 radical (unpaired) electrons. The molecule has 0 heterocycles. The third-order valence-corrected chi connectivity index (χ3v) is 2.72. The summed E-state index contributed by atoms with van der Waals surface area (Å²) >= 11 is 5.84. The fourth-order valence-corrected chi connectivity index (χ4v) is 1.52. The fourth-order valence-electron chi connectivity index (χ4n) is 1.25. The van der Waals surface area contributed by atoms with E-state index in [1.165, 1.54) is 0 Å². The van der Waals surface area contributed by atoms with E-state index in [0.717, 1.165) is 12.0 Å². The van der Waals surface area contributed by atoms with Crippen molar-refractivity contribution in [2.45, 2.75) is 26.2 Å². The second-order valence-corrected chi connectivity index (χ2v) is 3.76. The Bertz CT molecular complexity index is 347. The number of halogens is 1. The second kappa shape index (κ2) is 4.47. The molecule has 1 rings (SSSR count). The molecule has 1 aromatic rings. The number of rotatable bonds is 3. The van der Waals surface area contributed by atoms with Crippen molar-refractivity contribution in [2.75, 3.05) is 0 Å². The largest absolute Gasteiger partial charge is 0.478 e. The summed E-state index contributed by atoms with van der Waals surface area (Å²) in [7, 11) is 0. The molecule has 14 heavy (non-hydrogen) atoms. The van der Waals surface area contributed by atoms with Gasteiger partial charge in [-0.3, -0.25) is 0 Å². The minimum absolute atomic E-state index is 0.165. The van der Waals surface area contributed by atoms with Gasteiger partial charge in [-0.25, -0.2) is 4.79 Å². The summed E-state index contributed by atoms with van der Waals surface area (Å²) in [6, 6.07) is 5.12. The molecule has 0 aliphatic heterocycles. The molecular weight excluding hydrogens is 200 g/mol. The predicted octanol–water partition coefficient (Wildman–Crippen LogP) is 3.55. The van der Waals surface area contributed by atoms with Crippen molar-refractivity contribution >= 4 is 17.6 Å². The first-order valence-electron chi connectivity index (χ1n) is 4.59. The zero-order valence-corrected chi connectivity index (χ0v) is 9.01. The van der Waals surface area contributed by atoms with Crippen LogP contribution >= 0.6 is 11.6 Å². The first-order chi connectivity index (χ1) is 6.56. The van der Waals surface area contributed by atoms with Crippen LogP contribution in [0.25, 0.3) is 0 Å². The van der Waals surface area contributed by atoms with Crippen molar-refractivity contribution < 1.29 is 9.90 Å². The van der Waals surface area contributed by atoms with Gasteiger partial charge in [0, 0.05) is 0 Å². The van der Waals surface area contributed by atoms with E-state index in [1.54, 1.807) is 12.1 Å². The van der Waals surface area contributed by atoms with Crippen molar-refractivity contribution in [1.82, 2.24) is 0 Å². The third kappa shape index (κ3) is 2.26. The highest BCUT2D eigenvalue weighted by Crippen LogP contribution is 2.24. The van der Waals surface area contributed by atoms with Crippen LogP contribution in [0.2, 0.25) is 5.02 Å². The topological polar surface area (TPSA) is 37.3 Å². The van der Waals surface area contributed by atoms with E-state index in [4.69, 9.17) is 16.7 Å². The van der Waals surface area contributed by atoms with Gasteiger partial charge in [-0.2, -0.15) is 0 Å². The smallest absolute Gasteiger partial charge is 0.337 e. The Labute approximate surface area is 88.5 Å². The summed E-state index contributed by atoms with van der Waals surface area (Å²) < 4.78 is 0. The van der Waals surface area contributed by atoms with Crippen LogP contribution in [-0.4, -0.2) is 11.1 Å². The number of hydrogen-bond donors (Lipinski definition) is 1. The standard InChI is InChI=1S/C11H13ClO2/c1-3-7(2)8-4-5-9(11(13)14)10(12)6-8/h4-7H,3H2,1-2H3,(H,13,14). The Morgan fingerprint density at radius 2 is 2.21 bits per heavy atom. The Morgan fingerprint density at radius 3 is 2.64 bits per heavy atom. The van der Waals surface area contributed by atoms with Crippen molar-refractivity contribution in [3.63, 3.8) is 0 Å². The molecule has 0 fully saturated rings. The molecule has 3 heteroatoms. The van der Waals surface area contributed by atoms with E-state index in [9.17, 15) is 4.79 Å². The minimum Gasteiger partial charge on any atom is -0.478 e. The van der Waals surface area contributed by atoms with Gasteiger partial charge in [0.05, 0.1) is 10.6 Å². The van der Waals surface area contributed by atoms with E-state index in [0.29, 0.717) is 10.9 Å². The summed E-state index contributed by atoms with van der Waals surface area (Å²) in [4.78, 5) is 10.7. The predicted molar refractivity (Wildman–Crippen MR) is 57.1 cm³/mol. The molecule has 1 N–H and O–H groups in total. The van der Waals surface area contributed by atoms with Gasteiger partial charge in [-0.05, 0) is 30.0 Å². The lowest BCUT2D eigenvalue weighted by atomic mass is 9.97. The van der Waals surface area contributed by atoms with Crippen molar-refractivity contribution in [3.8, 4) is 0 Å². The van der Waals surface area contributed by atoms with Crippen LogP contribution in [0.5, 0.6) is 0 Å². The van der Waals surface area contributed by atoms with Crippen molar-refractivity contribution in [3.05, 3.63) is 34.3 Å². The highest BCUT2D eigenvalue weighted by atomic mass is 35.5. The average Bonchev–Trinajstić information content (AvgIpc) is 2.15. The molecule has 1 atom stereocenters. The maximum atomic E-state index is 10.7. The monoisotopic (exact) mass is 212 g/mol. The molecule has 0 bridgehead atoms. The van der Waals surface area contributed by atoms with Gasteiger partial charge in [0.1, 0.15) is 0 Å². The molecule has 1 unspecified atom stereocenters. The van der Waals surface area contributed by atoms with Crippen LogP contribution < -0.4 is 0 Å². The van der Waals surface area contributed by atoms with Gasteiger partial charge in [0.25, 0.3) is 0 Å². The molecule has 0 amide bonds. The molecule has 2 nitrogen and oxygen atoms in total. The summed E-state index contributed by atoms with van der Waals surface area (Å²) in [5.74, 6) is -0.568. The van der Waals surface area contributed by atoms with Gasteiger partial charge in [-0.1, -0.05) is 31.5 Å². The summed E-state index contributed by atoms with van der Waals surface area (Å²) in [6.45, 7) is 4.18. The number of carbonyl (C=O) groups is 1. The van der Waals surface area contributed by atoms with E-state index in [2.05, 4.69) is 13.8 Å². The molecule has 0 spiro atoms. The van der Waals surface area contributed by atoms with Crippen LogP contribution in [-0.2, 0) is 0 Å². The summed E-state index contributed by atoms with van der Waals surface area (Å²) in [5, 5.41) is 9.08. The lowest BCUT2D eigenvalue weighted by Crippen LogP contribution is -1.99. The number of carboxylic acids is 1. The molecule has 1 aromatic carbocycles. The van der Waals surface area contributed by atoms with E-state index in [1.807, 2.05) is 6.07 Å². The zero-order valence-electron chi connectivity index (χ0n) is 8.25. The van der Waals surface area contributed by atoms with Gasteiger partial charge in [0.2, 0.25) is 0 Å². The Balaban J connectivity index is 3.06. The maximum Gasteiger partial charge on any atom is 0.337 e. The van der Waals surface area contributed by atoms with Crippen LogP contribution in [0.1, 0.15) is 42.1 Å². The van der Waals surface area contributed by atoms with E-state index >= 15 is 0 Å². The average molecular weight is 213 g/mol. The van der Waals surface area contributed by atoms with Crippen LogP contribution in [0.3, 0.4) is 0 Å². The zero-order chi connectivity index (χ0) is 10.7. The number of aromatic carboxylic acids is 1. The molecular formula is C11H13ClO2. The van der Waals surface area contributed by atoms with Crippen LogP contribution in [0.4, 0.5) is 0 Å². The number of hydrogen-bond acceptors (Lipinski definition) is 1. The molecule has 0 saturated heterocycles. The highest BCUT2D eigenvalue weighted by Gasteiger charge is 2.10. The van der Waals surface area contributed by atoms with Gasteiger partial charge in [-0.15, -0.1) is 0 Å². The molecule has 0 aliphatic rings. The Morgan fingerprint density at radius 1 is 1.57 bits per heavy atom. The summed E-state index contributed by atoms with van der Waals surface area (Å²) in [5.41, 5.74) is 1.25. The van der Waals surface area contributed by atoms with Crippen LogP contribution in [0.15, 0.2) is 18.2 Å². The van der Waals surface area contributed by atoms with Gasteiger partial charge in [0.15, 0.2) is 0 Å². The van der Waals surface area contributed by atoms with Gasteiger partial charge >= 0.3 is 5.97 Å². The van der Waals surface area contributed by atoms with Crippen LogP contribution in [0, 0.1) is 0 Å². The number of carboxylic acid groups (broad SMARTS) is 1. The van der Waals surface area contributed by atoms with E-state index < -0.39 is 5.97 Å². The molecule has 76 valence electrons. The maximum absolute atomic E-state index is 10.7. The first kappa shape index (κ1) is 11.1.